The van der Waals surface area contributed by atoms with Crippen LogP contribution in [0.1, 0.15) is 35.9 Å². The fraction of sp³-hybridized carbons (Fsp3) is 0.600. The Morgan fingerprint density at radius 2 is 2.29 bits per heavy atom. The Morgan fingerprint density at radius 3 is 2.86 bits per heavy atom. The minimum Gasteiger partial charge on any atom is -0.393 e. The summed E-state index contributed by atoms with van der Waals surface area (Å²) in [5, 5.41) is 14.4. The van der Waals surface area contributed by atoms with Gasteiger partial charge in [-0.3, -0.25) is 9.59 Å². The topological polar surface area (TPSA) is 69.6 Å². The summed E-state index contributed by atoms with van der Waals surface area (Å²) in [5.74, 6) is -0.196. The first-order valence-electron chi connectivity index (χ1n) is 7.26. The van der Waals surface area contributed by atoms with E-state index >= 15 is 0 Å². The molecule has 3 atom stereocenters. The van der Waals surface area contributed by atoms with Gasteiger partial charge >= 0.3 is 0 Å². The van der Waals surface area contributed by atoms with E-state index in [4.69, 9.17) is 0 Å². The average Bonchev–Trinajstić information content (AvgIpc) is 3.10. The molecule has 0 aromatic carbocycles. The first-order valence-corrected chi connectivity index (χ1v) is 8.14. The number of hydrogen-bond donors (Lipinski definition) is 2. The van der Waals surface area contributed by atoms with Gasteiger partial charge in [0, 0.05) is 19.5 Å². The van der Waals surface area contributed by atoms with Gasteiger partial charge in [0.1, 0.15) is 6.04 Å². The zero-order chi connectivity index (χ0) is 15.4. The van der Waals surface area contributed by atoms with E-state index in [1.165, 1.54) is 11.3 Å². The molecule has 1 heterocycles. The molecular formula is C15H22N2O3S. The third-order valence-corrected chi connectivity index (χ3v) is 4.84. The van der Waals surface area contributed by atoms with Crippen LogP contribution in [-0.4, -0.2) is 47.6 Å². The Kier molecular flexibility index (Phi) is 5.36. The fourth-order valence-corrected chi connectivity index (χ4v) is 3.37. The lowest BCUT2D eigenvalue weighted by Gasteiger charge is -2.26. The summed E-state index contributed by atoms with van der Waals surface area (Å²) in [6.45, 7) is 2.23. The van der Waals surface area contributed by atoms with Crippen LogP contribution in [0.4, 0.5) is 0 Å². The van der Waals surface area contributed by atoms with Crippen molar-refractivity contribution in [1.82, 2.24) is 10.2 Å². The van der Waals surface area contributed by atoms with Gasteiger partial charge in [-0.25, -0.2) is 0 Å². The molecule has 0 bridgehead atoms. The monoisotopic (exact) mass is 310 g/mol. The highest BCUT2D eigenvalue weighted by Gasteiger charge is 2.29. The second kappa shape index (κ2) is 7.04. The molecule has 1 saturated carbocycles. The molecule has 2 N–H and O–H groups in total. The SMILES string of the molecule is CC(NC(=O)c1cccs1)C(=O)N(C)CC1CCCC1O. The third-order valence-electron chi connectivity index (χ3n) is 3.97. The van der Waals surface area contributed by atoms with Gasteiger partial charge in [-0.2, -0.15) is 0 Å². The summed E-state index contributed by atoms with van der Waals surface area (Å²) in [6.07, 6.45) is 2.47. The van der Waals surface area contributed by atoms with Crippen molar-refractivity contribution >= 4 is 23.2 Å². The minimum absolute atomic E-state index is 0.126. The summed E-state index contributed by atoms with van der Waals surface area (Å²) in [4.78, 5) is 26.4. The first kappa shape index (κ1) is 16.0. The molecule has 21 heavy (non-hydrogen) atoms. The van der Waals surface area contributed by atoms with Gasteiger partial charge in [-0.05, 0) is 31.2 Å². The lowest BCUT2D eigenvalue weighted by Crippen LogP contribution is -2.47. The zero-order valence-electron chi connectivity index (χ0n) is 12.4. The Hall–Kier alpha value is -1.40. The molecule has 1 aromatic rings. The normalized spacial score (nSPS) is 22.8. The molecule has 0 saturated heterocycles. The summed E-state index contributed by atoms with van der Waals surface area (Å²) < 4.78 is 0. The molecule has 0 aliphatic heterocycles. The molecule has 5 nitrogen and oxygen atoms in total. The van der Waals surface area contributed by atoms with Crippen molar-refractivity contribution < 1.29 is 14.7 Å². The van der Waals surface area contributed by atoms with Crippen molar-refractivity contribution in [1.29, 1.82) is 0 Å². The van der Waals surface area contributed by atoms with Gasteiger partial charge in [0.15, 0.2) is 0 Å². The van der Waals surface area contributed by atoms with E-state index in [9.17, 15) is 14.7 Å². The maximum Gasteiger partial charge on any atom is 0.261 e. The fourth-order valence-electron chi connectivity index (χ4n) is 2.74. The van der Waals surface area contributed by atoms with Gasteiger partial charge in [-0.1, -0.05) is 12.5 Å². The summed E-state index contributed by atoms with van der Waals surface area (Å²) >= 11 is 1.35. The lowest BCUT2D eigenvalue weighted by atomic mass is 10.1. The van der Waals surface area contributed by atoms with Gasteiger partial charge in [0.25, 0.3) is 5.91 Å². The molecule has 6 heteroatoms. The summed E-state index contributed by atoms with van der Waals surface area (Å²) in [7, 11) is 1.72. The van der Waals surface area contributed by atoms with E-state index in [-0.39, 0.29) is 23.8 Å². The minimum atomic E-state index is -0.567. The molecule has 1 fully saturated rings. The Bertz CT molecular complexity index is 489. The van der Waals surface area contributed by atoms with Crippen LogP contribution in [0.15, 0.2) is 17.5 Å². The number of nitrogens with one attached hydrogen (secondary N) is 1. The maximum absolute atomic E-state index is 12.3. The van der Waals surface area contributed by atoms with Crippen LogP contribution >= 0.6 is 11.3 Å². The second-order valence-corrected chi connectivity index (χ2v) is 6.60. The van der Waals surface area contributed by atoms with Crippen LogP contribution in [0.3, 0.4) is 0 Å². The number of hydrogen-bond acceptors (Lipinski definition) is 4. The number of aliphatic hydroxyl groups is 1. The quantitative estimate of drug-likeness (QED) is 0.865. The second-order valence-electron chi connectivity index (χ2n) is 5.65. The van der Waals surface area contributed by atoms with Crippen molar-refractivity contribution in [3.8, 4) is 0 Å². The van der Waals surface area contributed by atoms with Crippen LogP contribution in [0.25, 0.3) is 0 Å². The van der Waals surface area contributed by atoms with Crippen LogP contribution in [0, 0.1) is 5.92 Å². The van der Waals surface area contributed by atoms with Crippen molar-refractivity contribution in [3.05, 3.63) is 22.4 Å². The molecule has 0 spiro atoms. The van der Waals surface area contributed by atoms with Crippen LogP contribution in [0.5, 0.6) is 0 Å². The average molecular weight is 310 g/mol. The number of nitrogens with zero attached hydrogens (tertiary/aromatic N) is 1. The molecular weight excluding hydrogens is 288 g/mol. The smallest absolute Gasteiger partial charge is 0.261 e. The van der Waals surface area contributed by atoms with E-state index in [2.05, 4.69) is 5.32 Å². The standard InChI is InChI=1S/C15H22N2O3S/c1-10(16-14(19)13-7-4-8-21-13)15(20)17(2)9-11-5-3-6-12(11)18/h4,7-8,10-12,18H,3,5-6,9H2,1-2H3,(H,16,19). The van der Waals surface area contributed by atoms with Crippen molar-refractivity contribution in [2.75, 3.05) is 13.6 Å². The lowest BCUT2D eigenvalue weighted by molar-refractivity contribution is -0.132. The Balaban J connectivity index is 1.85. The van der Waals surface area contributed by atoms with Gasteiger partial charge in [-0.15, -0.1) is 11.3 Å². The van der Waals surface area contributed by atoms with E-state index in [1.54, 1.807) is 31.0 Å². The van der Waals surface area contributed by atoms with Gasteiger partial charge in [0.05, 0.1) is 11.0 Å². The molecule has 3 unspecified atom stereocenters. The van der Waals surface area contributed by atoms with Crippen molar-refractivity contribution in [3.63, 3.8) is 0 Å². The largest absolute Gasteiger partial charge is 0.393 e. The van der Waals surface area contributed by atoms with Crippen LogP contribution in [0.2, 0.25) is 0 Å². The van der Waals surface area contributed by atoms with Gasteiger partial charge < -0.3 is 15.3 Å². The number of thiophene rings is 1. The predicted octanol–water partition coefficient (Wildman–Crippen LogP) is 1.49. The number of carbonyl (C=O) groups excluding carboxylic acids is 2. The molecule has 2 rings (SSSR count). The van der Waals surface area contributed by atoms with E-state index in [0.29, 0.717) is 11.4 Å². The Morgan fingerprint density at radius 1 is 1.52 bits per heavy atom. The maximum atomic E-state index is 12.3. The zero-order valence-corrected chi connectivity index (χ0v) is 13.2. The number of rotatable bonds is 5. The molecule has 1 aromatic heterocycles. The van der Waals surface area contributed by atoms with Crippen LogP contribution in [-0.2, 0) is 4.79 Å². The summed E-state index contributed by atoms with van der Waals surface area (Å²) in [5.41, 5.74) is 0. The van der Waals surface area contributed by atoms with Crippen molar-refractivity contribution in [2.45, 2.75) is 38.3 Å². The molecule has 1 aliphatic carbocycles. The summed E-state index contributed by atoms with van der Waals surface area (Å²) in [6, 6.07) is 2.97. The van der Waals surface area contributed by atoms with Gasteiger partial charge in [0.2, 0.25) is 5.91 Å². The van der Waals surface area contributed by atoms with Crippen molar-refractivity contribution in [2.24, 2.45) is 5.92 Å². The third kappa shape index (κ3) is 4.04. The highest BCUT2D eigenvalue weighted by molar-refractivity contribution is 7.12. The number of amides is 2. The molecule has 116 valence electrons. The number of aliphatic hydroxyl groups excluding tert-OH is 1. The number of carbonyl (C=O) groups is 2. The molecule has 0 radical (unpaired) electrons. The number of likely N-dealkylation sites (N-methyl/N-ethyl adjacent to an activating group) is 1. The van der Waals surface area contributed by atoms with Crippen LogP contribution < -0.4 is 5.32 Å². The highest BCUT2D eigenvalue weighted by atomic mass is 32.1. The first-order chi connectivity index (χ1) is 9.99. The highest BCUT2D eigenvalue weighted by Crippen LogP contribution is 2.26. The predicted molar refractivity (Wildman–Crippen MR) is 82.2 cm³/mol. The van der Waals surface area contributed by atoms with E-state index < -0.39 is 6.04 Å². The Labute approximate surface area is 129 Å². The van der Waals surface area contributed by atoms with E-state index in [0.717, 1.165) is 19.3 Å². The molecule has 2 amide bonds. The molecule has 1 aliphatic rings. The van der Waals surface area contributed by atoms with E-state index in [1.807, 2.05) is 5.38 Å².